The van der Waals surface area contributed by atoms with Gasteiger partial charge in [0.2, 0.25) is 0 Å². The van der Waals surface area contributed by atoms with Gasteiger partial charge in [-0.2, -0.15) is 0 Å². The van der Waals surface area contributed by atoms with E-state index in [1.54, 1.807) is 0 Å². The van der Waals surface area contributed by atoms with Crippen LogP contribution in [0.25, 0.3) is 0 Å². The Morgan fingerprint density at radius 3 is 1.95 bits per heavy atom. The molecule has 0 aliphatic carbocycles. The van der Waals surface area contributed by atoms with E-state index < -0.39 is 0 Å². The Morgan fingerprint density at radius 1 is 1.05 bits per heavy atom. The van der Waals surface area contributed by atoms with Gasteiger partial charge < -0.3 is 15.5 Å². The Labute approximate surface area is 120 Å². The molecule has 0 saturated heterocycles. The first-order valence-corrected chi connectivity index (χ1v) is 7.57. The third-order valence-electron chi connectivity index (χ3n) is 3.64. The van der Waals surface area contributed by atoms with E-state index in [2.05, 4.69) is 62.3 Å². The normalized spacial score (nSPS) is 14.3. The smallest absolute Gasteiger partial charge is 0.191 e. The summed E-state index contributed by atoms with van der Waals surface area (Å²) < 4.78 is 0. The summed E-state index contributed by atoms with van der Waals surface area (Å²) >= 11 is 0. The molecule has 0 spiro atoms. The van der Waals surface area contributed by atoms with Gasteiger partial charge in [0.25, 0.3) is 0 Å². The van der Waals surface area contributed by atoms with Crippen LogP contribution in [0.15, 0.2) is 4.99 Å². The maximum absolute atomic E-state index is 4.28. The van der Waals surface area contributed by atoms with Crippen molar-refractivity contribution >= 4 is 5.96 Å². The third kappa shape index (κ3) is 7.41. The molecule has 0 amide bonds. The first kappa shape index (κ1) is 18.2. The second-order valence-corrected chi connectivity index (χ2v) is 5.84. The molecule has 0 aromatic rings. The summed E-state index contributed by atoms with van der Waals surface area (Å²) in [5.74, 6) is 2.26. The topological polar surface area (TPSA) is 39.7 Å². The average Bonchev–Trinajstić information content (AvgIpc) is 2.37. The van der Waals surface area contributed by atoms with Gasteiger partial charge in [0.05, 0.1) is 0 Å². The van der Waals surface area contributed by atoms with Crippen molar-refractivity contribution in [3.8, 4) is 0 Å². The zero-order valence-electron chi connectivity index (χ0n) is 14.0. The molecule has 0 aromatic carbocycles. The highest BCUT2D eigenvalue weighted by atomic mass is 15.2. The van der Waals surface area contributed by atoms with Crippen molar-refractivity contribution in [2.75, 3.05) is 34.2 Å². The highest BCUT2D eigenvalue weighted by Crippen LogP contribution is 2.16. The third-order valence-corrected chi connectivity index (χ3v) is 3.64. The van der Waals surface area contributed by atoms with E-state index in [1.165, 1.54) is 12.8 Å². The standard InChI is InChI=1S/C15H34N4/c1-8-13(9-2)14(19(6)7)11-18-15(16-5)17-10-12(3)4/h12-14H,8-11H2,1-7H3,(H2,16,17,18). The van der Waals surface area contributed by atoms with E-state index >= 15 is 0 Å². The van der Waals surface area contributed by atoms with E-state index in [0.29, 0.717) is 12.0 Å². The quantitative estimate of drug-likeness (QED) is 0.524. The lowest BCUT2D eigenvalue weighted by Crippen LogP contribution is -2.48. The molecule has 0 aromatic heterocycles. The Morgan fingerprint density at radius 2 is 1.58 bits per heavy atom. The Bertz CT molecular complexity index is 245. The Balaban J connectivity index is 4.36. The molecular weight excluding hydrogens is 236 g/mol. The molecular formula is C15H34N4. The molecule has 0 fully saturated rings. The van der Waals surface area contributed by atoms with E-state index in [-0.39, 0.29) is 0 Å². The van der Waals surface area contributed by atoms with Crippen LogP contribution >= 0.6 is 0 Å². The minimum absolute atomic E-state index is 0.549. The molecule has 4 heteroatoms. The van der Waals surface area contributed by atoms with Crippen molar-refractivity contribution in [1.82, 2.24) is 15.5 Å². The molecule has 1 atom stereocenters. The number of nitrogens with zero attached hydrogens (tertiary/aromatic N) is 2. The SMILES string of the molecule is CCC(CC)C(CNC(=NC)NCC(C)C)N(C)C. The van der Waals surface area contributed by atoms with Gasteiger partial charge in [-0.3, -0.25) is 4.99 Å². The highest BCUT2D eigenvalue weighted by Gasteiger charge is 2.20. The lowest BCUT2D eigenvalue weighted by atomic mass is 9.93. The number of likely N-dealkylation sites (N-methyl/N-ethyl adjacent to an activating group) is 1. The largest absolute Gasteiger partial charge is 0.356 e. The van der Waals surface area contributed by atoms with Gasteiger partial charge in [0, 0.05) is 26.2 Å². The predicted molar refractivity (Wildman–Crippen MR) is 85.7 cm³/mol. The van der Waals surface area contributed by atoms with Crippen LogP contribution in [-0.2, 0) is 0 Å². The number of hydrogen-bond donors (Lipinski definition) is 2. The summed E-state index contributed by atoms with van der Waals surface area (Å²) in [6, 6.07) is 0.549. The van der Waals surface area contributed by atoms with E-state index in [0.717, 1.165) is 25.0 Å². The molecule has 4 nitrogen and oxygen atoms in total. The molecule has 0 bridgehead atoms. The number of hydrogen-bond acceptors (Lipinski definition) is 2. The van der Waals surface area contributed by atoms with Crippen LogP contribution < -0.4 is 10.6 Å². The predicted octanol–water partition coefficient (Wildman–Crippen LogP) is 2.17. The fourth-order valence-electron chi connectivity index (χ4n) is 2.33. The van der Waals surface area contributed by atoms with E-state index in [9.17, 15) is 0 Å². The minimum atomic E-state index is 0.549. The van der Waals surface area contributed by atoms with E-state index in [1.807, 2.05) is 7.05 Å². The molecule has 0 rings (SSSR count). The van der Waals surface area contributed by atoms with Crippen molar-refractivity contribution in [3.05, 3.63) is 0 Å². The zero-order chi connectivity index (χ0) is 14.8. The van der Waals surface area contributed by atoms with Crippen LogP contribution in [0, 0.1) is 11.8 Å². The van der Waals surface area contributed by atoms with Crippen molar-refractivity contribution in [1.29, 1.82) is 0 Å². The van der Waals surface area contributed by atoms with Gasteiger partial charge in [0.1, 0.15) is 0 Å². The molecule has 1 unspecified atom stereocenters. The molecule has 0 aliphatic rings. The maximum atomic E-state index is 4.28. The molecule has 0 saturated carbocycles. The molecule has 0 radical (unpaired) electrons. The Kier molecular flexibility index (Phi) is 9.66. The van der Waals surface area contributed by atoms with Crippen LogP contribution in [0.1, 0.15) is 40.5 Å². The van der Waals surface area contributed by atoms with Crippen LogP contribution in [0.2, 0.25) is 0 Å². The summed E-state index contributed by atoms with van der Waals surface area (Å²) in [5.41, 5.74) is 0. The summed E-state index contributed by atoms with van der Waals surface area (Å²) in [6.45, 7) is 10.8. The summed E-state index contributed by atoms with van der Waals surface area (Å²) in [7, 11) is 6.15. The zero-order valence-corrected chi connectivity index (χ0v) is 14.0. The van der Waals surface area contributed by atoms with Crippen molar-refractivity contribution in [3.63, 3.8) is 0 Å². The van der Waals surface area contributed by atoms with Gasteiger partial charge in [-0.25, -0.2) is 0 Å². The number of rotatable bonds is 8. The van der Waals surface area contributed by atoms with E-state index in [4.69, 9.17) is 0 Å². The van der Waals surface area contributed by atoms with Crippen LogP contribution in [0.3, 0.4) is 0 Å². The van der Waals surface area contributed by atoms with Crippen LogP contribution in [0.5, 0.6) is 0 Å². The molecule has 0 aliphatic heterocycles. The second-order valence-electron chi connectivity index (χ2n) is 5.84. The molecule has 2 N–H and O–H groups in total. The van der Waals surface area contributed by atoms with Gasteiger partial charge in [-0.1, -0.05) is 40.5 Å². The summed E-state index contributed by atoms with van der Waals surface area (Å²) in [5, 5.41) is 6.81. The molecule has 19 heavy (non-hydrogen) atoms. The van der Waals surface area contributed by atoms with Gasteiger partial charge in [0.15, 0.2) is 5.96 Å². The Hall–Kier alpha value is -0.770. The number of guanidine groups is 1. The monoisotopic (exact) mass is 270 g/mol. The highest BCUT2D eigenvalue weighted by molar-refractivity contribution is 5.79. The first-order chi connectivity index (χ1) is 8.96. The van der Waals surface area contributed by atoms with Gasteiger partial charge in [-0.05, 0) is 25.9 Å². The number of nitrogens with one attached hydrogen (secondary N) is 2. The first-order valence-electron chi connectivity index (χ1n) is 7.57. The minimum Gasteiger partial charge on any atom is -0.356 e. The van der Waals surface area contributed by atoms with Crippen molar-refractivity contribution in [2.24, 2.45) is 16.8 Å². The number of aliphatic imine (C=N–C) groups is 1. The summed E-state index contributed by atoms with van der Waals surface area (Å²) in [6.07, 6.45) is 2.44. The van der Waals surface area contributed by atoms with Gasteiger partial charge >= 0.3 is 0 Å². The second kappa shape index (κ2) is 10.1. The average molecular weight is 270 g/mol. The fraction of sp³-hybridized carbons (Fsp3) is 0.933. The lowest BCUT2D eigenvalue weighted by molar-refractivity contribution is 0.200. The summed E-state index contributed by atoms with van der Waals surface area (Å²) in [4.78, 5) is 6.60. The van der Waals surface area contributed by atoms with Crippen LogP contribution in [0.4, 0.5) is 0 Å². The molecule has 114 valence electrons. The molecule has 0 heterocycles. The van der Waals surface area contributed by atoms with Gasteiger partial charge in [-0.15, -0.1) is 0 Å². The maximum Gasteiger partial charge on any atom is 0.191 e. The van der Waals surface area contributed by atoms with Crippen molar-refractivity contribution < 1.29 is 0 Å². The van der Waals surface area contributed by atoms with Crippen molar-refractivity contribution in [2.45, 2.75) is 46.6 Å². The fourth-order valence-corrected chi connectivity index (χ4v) is 2.33. The van der Waals surface area contributed by atoms with Crippen LogP contribution in [-0.4, -0.2) is 51.1 Å². The lowest BCUT2D eigenvalue weighted by Gasteiger charge is -2.32.